The first-order valence-corrected chi connectivity index (χ1v) is 10.4. The van der Waals surface area contributed by atoms with Crippen LogP contribution in [-0.4, -0.2) is 72.7 Å². The van der Waals surface area contributed by atoms with Crippen molar-refractivity contribution in [2.24, 2.45) is 5.92 Å². The lowest BCUT2D eigenvalue weighted by atomic mass is 9.97. The predicted molar refractivity (Wildman–Crippen MR) is 107 cm³/mol. The first kappa shape index (κ1) is 22.4. The van der Waals surface area contributed by atoms with Crippen LogP contribution in [0.1, 0.15) is 45.3 Å². The number of unbranched alkanes of at least 4 members (excludes halogenated alkanes) is 1. The van der Waals surface area contributed by atoms with Crippen molar-refractivity contribution in [3.05, 3.63) is 11.8 Å². The molecule has 1 unspecified atom stereocenters. The molecule has 1 fully saturated rings. The van der Waals surface area contributed by atoms with Crippen molar-refractivity contribution in [2.75, 3.05) is 51.3 Å². The lowest BCUT2D eigenvalue weighted by Gasteiger charge is -2.31. The molecule has 2 amide bonds. The van der Waals surface area contributed by atoms with Crippen molar-refractivity contribution >= 4 is 17.6 Å². The molecular weight excluding hydrogens is 360 g/mol. The number of amides is 2. The first-order valence-electron chi connectivity index (χ1n) is 10.4. The Kier molecular flexibility index (Phi) is 9.43. The van der Waals surface area contributed by atoms with E-state index in [1.807, 2.05) is 6.92 Å². The summed E-state index contributed by atoms with van der Waals surface area (Å²) in [6.07, 6.45) is 3.73. The third-order valence-corrected chi connectivity index (χ3v) is 5.08. The molecule has 1 aromatic rings. The van der Waals surface area contributed by atoms with Crippen LogP contribution in [0.3, 0.4) is 0 Å². The van der Waals surface area contributed by atoms with Crippen LogP contribution in [-0.2, 0) is 14.3 Å². The molecule has 0 saturated carbocycles. The maximum Gasteiger partial charge on any atom is 0.245 e. The highest BCUT2D eigenvalue weighted by Gasteiger charge is 2.25. The maximum absolute atomic E-state index is 13.1. The summed E-state index contributed by atoms with van der Waals surface area (Å²) in [6.45, 7) is 10.4. The van der Waals surface area contributed by atoms with Crippen LogP contribution in [0.5, 0.6) is 0 Å². The molecule has 1 aliphatic rings. The Morgan fingerprint density at radius 2 is 2.07 bits per heavy atom. The van der Waals surface area contributed by atoms with Crippen LogP contribution < -0.4 is 5.32 Å². The predicted octanol–water partition coefficient (Wildman–Crippen LogP) is 2.30. The molecule has 28 heavy (non-hydrogen) atoms. The highest BCUT2D eigenvalue weighted by molar-refractivity contribution is 5.94. The van der Waals surface area contributed by atoms with E-state index >= 15 is 0 Å². The second-order valence-corrected chi connectivity index (χ2v) is 7.33. The molecule has 1 atom stereocenters. The largest absolute Gasteiger partial charge is 0.379 e. The van der Waals surface area contributed by atoms with Gasteiger partial charge in [0.25, 0.3) is 0 Å². The van der Waals surface area contributed by atoms with Gasteiger partial charge < -0.3 is 19.5 Å². The van der Waals surface area contributed by atoms with E-state index < -0.39 is 0 Å². The van der Waals surface area contributed by atoms with Gasteiger partial charge in [0.2, 0.25) is 11.8 Å². The number of anilines is 1. The van der Waals surface area contributed by atoms with Crippen LogP contribution >= 0.6 is 0 Å². The van der Waals surface area contributed by atoms with Gasteiger partial charge in [-0.2, -0.15) is 0 Å². The Morgan fingerprint density at radius 1 is 1.32 bits per heavy atom. The molecule has 8 nitrogen and oxygen atoms in total. The fourth-order valence-electron chi connectivity index (χ4n) is 3.35. The average Bonchev–Trinajstić information content (AvgIpc) is 3.10. The van der Waals surface area contributed by atoms with Crippen LogP contribution in [0.15, 0.2) is 10.6 Å². The SMILES string of the molecule is CCCCC(CC)C(=O)N(CCN1CCOCC1)CC(=O)Nc1cc(C)on1. The van der Waals surface area contributed by atoms with Crippen LogP contribution in [0.25, 0.3) is 0 Å². The van der Waals surface area contributed by atoms with Gasteiger partial charge in [-0.1, -0.05) is 31.8 Å². The summed E-state index contributed by atoms with van der Waals surface area (Å²) in [7, 11) is 0. The number of nitrogens with one attached hydrogen (secondary N) is 1. The van der Waals surface area contributed by atoms with Gasteiger partial charge >= 0.3 is 0 Å². The number of aromatic nitrogens is 1. The van der Waals surface area contributed by atoms with Crippen molar-refractivity contribution < 1.29 is 18.8 Å². The van der Waals surface area contributed by atoms with Gasteiger partial charge in [-0.05, 0) is 19.8 Å². The summed E-state index contributed by atoms with van der Waals surface area (Å²) >= 11 is 0. The van der Waals surface area contributed by atoms with Crippen molar-refractivity contribution in [3.8, 4) is 0 Å². The molecule has 2 heterocycles. The summed E-state index contributed by atoms with van der Waals surface area (Å²) < 4.78 is 10.4. The minimum Gasteiger partial charge on any atom is -0.379 e. The average molecular weight is 395 g/mol. The number of carbonyl (C=O) groups excluding carboxylic acids is 2. The lowest BCUT2D eigenvalue weighted by Crippen LogP contribution is -2.47. The molecule has 0 bridgehead atoms. The fourth-order valence-corrected chi connectivity index (χ4v) is 3.35. The normalized spacial score (nSPS) is 16.0. The monoisotopic (exact) mass is 394 g/mol. The summed E-state index contributed by atoms with van der Waals surface area (Å²) in [5.74, 6) is 0.777. The summed E-state index contributed by atoms with van der Waals surface area (Å²) in [5.41, 5.74) is 0. The zero-order chi connectivity index (χ0) is 20.4. The van der Waals surface area contributed by atoms with Gasteiger partial charge in [-0.15, -0.1) is 0 Å². The summed E-state index contributed by atoms with van der Waals surface area (Å²) in [4.78, 5) is 29.6. The molecule has 1 aliphatic heterocycles. The van der Waals surface area contributed by atoms with E-state index in [2.05, 4.69) is 22.3 Å². The number of ether oxygens (including phenoxy) is 1. The van der Waals surface area contributed by atoms with Gasteiger partial charge in [0.15, 0.2) is 5.82 Å². The van der Waals surface area contributed by atoms with Crippen LogP contribution in [0.2, 0.25) is 0 Å². The molecular formula is C20H34N4O4. The minimum absolute atomic E-state index is 0.0255. The molecule has 158 valence electrons. The third-order valence-electron chi connectivity index (χ3n) is 5.08. The topological polar surface area (TPSA) is 87.9 Å². The Hall–Kier alpha value is -1.93. The van der Waals surface area contributed by atoms with Crippen molar-refractivity contribution in [1.82, 2.24) is 15.0 Å². The van der Waals surface area contributed by atoms with Gasteiger partial charge in [0.1, 0.15) is 5.76 Å². The van der Waals surface area contributed by atoms with E-state index in [-0.39, 0.29) is 24.3 Å². The van der Waals surface area contributed by atoms with E-state index in [4.69, 9.17) is 9.26 Å². The number of hydrogen-bond donors (Lipinski definition) is 1. The molecule has 0 spiro atoms. The molecule has 8 heteroatoms. The van der Waals surface area contributed by atoms with Gasteiger partial charge in [0, 0.05) is 38.2 Å². The Morgan fingerprint density at radius 3 is 2.68 bits per heavy atom. The highest BCUT2D eigenvalue weighted by atomic mass is 16.5. The molecule has 1 N–H and O–H groups in total. The van der Waals surface area contributed by atoms with Gasteiger partial charge in [-0.3, -0.25) is 14.5 Å². The van der Waals surface area contributed by atoms with Gasteiger partial charge in [0.05, 0.1) is 19.8 Å². The van der Waals surface area contributed by atoms with Crippen molar-refractivity contribution in [2.45, 2.75) is 46.5 Å². The van der Waals surface area contributed by atoms with E-state index in [1.165, 1.54) is 0 Å². The lowest BCUT2D eigenvalue weighted by molar-refractivity contribution is -0.139. The standard InChI is InChI=1S/C20H34N4O4/c1-4-6-7-17(5-2)20(26)24(9-8-23-10-12-27-13-11-23)15-19(25)21-18-14-16(3)28-22-18/h14,17H,4-13,15H2,1-3H3,(H,21,22,25). The zero-order valence-electron chi connectivity index (χ0n) is 17.4. The van der Waals surface area contributed by atoms with Crippen LogP contribution in [0.4, 0.5) is 5.82 Å². The second-order valence-electron chi connectivity index (χ2n) is 7.33. The number of nitrogens with zero attached hydrogens (tertiary/aromatic N) is 3. The minimum atomic E-state index is -0.256. The second kappa shape index (κ2) is 11.8. The Labute approximate surface area is 167 Å². The van der Waals surface area contributed by atoms with Crippen molar-refractivity contribution in [1.29, 1.82) is 0 Å². The number of aryl methyl sites for hydroxylation is 1. The maximum atomic E-state index is 13.1. The number of rotatable bonds is 11. The van der Waals surface area contributed by atoms with E-state index in [9.17, 15) is 9.59 Å². The Balaban J connectivity index is 1.98. The summed E-state index contributed by atoms with van der Waals surface area (Å²) in [6, 6.07) is 1.66. The van der Waals surface area contributed by atoms with E-state index in [0.29, 0.717) is 31.3 Å². The quantitative estimate of drug-likeness (QED) is 0.620. The third kappa shape index (κ3) is 7.24. The fraction of sp³-hybridized carbons (Fsp3) is 0.750. The number of carbonyl (C=O) groups is 2. The number of hydrogen-bond acceptors (Lipinski definition) is 6. The molecule has 2 rings (SSSR count). The first-order chi connectivity index (χ1) is 13.5. The molecule has 1 aromatic heterocycles. The molecule has 0 aromatic carbocycles. The number of morpholine rings is 1. The van der Waals surface area contributed by atoms with E-state index in [1.54, 1.807) is 17.9 Å². The van der Waals surface area contributed by atoms with E-state index in [0.717, 1.165) is 45.3 Å². The molecule has 1 saturated heterocycles. The zero-order valence-corrected chi connectivity index (χ0v) is 17.4. The molecule has 0 radical (unpaired) electrons. The Bertz CT molecular complexity index is 613. The smallest absolute Gasteiger partial charge is 0.245 e. The summed E-state index contributed by atoms with van der Waals surface area (Å²) in [5, 5.41) is 6.50. The van der Waals surface area contributed by atoms with Crippen LogP contribution in [0, 0.1) is 12.8 Å². The van der Waals surface area contributed by atoms with Crippen molar-refractivity contribution in [3.63, 3.8) is 0 Å². The molecule has 0 aliphatic carbocycles. The van der Waals surface area contributed by atoms with Gasteiger partial charge in [-0.25, -0.2) is 0 Å². The highest BCUT2D eigenvalue weighted by Crippen LogP contribution is 2.16.